The Morgan fingerprint density at radius 1 is 1.17 bits per heavy atom. The van der Waals surface area contributed by atoms with E-state index >= 15 is 0 Å². The molecule has 1 saturated heterocycles. The van der Waals surface area contributed by atoms with Gasteiger partial charge in [0.05, 0.1) is 11.7 Å². The lowest BCUT2D eigenvalue weighted by molar-refractivity contribution is -0.112. The first kappa shape index (κ1) is 12.1. The van der Waals surface area contributed by atoms with E-state index < -0.39 is 0 Å². The number of aldehydes is 2. The highest BCUT2D eigenvalue weighted by Gasteiger charge is 2.61. The van der Waals surface area contributed by atoms with Crippen LogP contribution in [-0.4, -0.2) is 24.3 Å². The second kappa shape index (κ2) is 3.53. The van der Waals surface area contributed by atoms with E-state index in [9.17, 15) is 9.59 Å². The monoisotopic (exact) mass is 248 g/mol. The van der Waals surface area contributed by atoms with Crippen LogP contribution in [0, 0.1) is 17.3 Å². The Hall–Kier alpha value is -0.960. The number of hydrogen-bond acceptors (Lipinski definition) is 3. The van der Waals surface area contributed by atoms with Crippen LogP contribution in [0.4, 0.5) is 0 Å². The number of rotatable bonds is 2. The van der Waals surface area contributed by atoms with Crippen LogP contribution >= 0.6 is 0 Å². The van der Waals surface area contributed by atoms with E-state index in [0.29, 0.717) is 34.8 Å². The molecule has 2 bridgehead atoms. The second-order valence-electron chi connectivity index (χ2n) is 7.09. The molecule has 2 fully saturated rings. The third-order valence-corrected chi connectivity index (χ3v) is 5.14. The van der Waals surface area contributed by atoms with Gasteiger partial charge in [0.15, 0.2) is 0 Å². The van der Waals surface area contributed by atoms with E-state index in [0.717, 1.165) is 25.4 Å². The Bertz CT molecular complexity index is 449. The average Bonchev–Trinajstić information content (AvgIpc) is 2.73. The minimum absolute atomic E-state index is 0.145. The number of carbonyl (C=O) groups is 2. The van der Waals surface area contributed by atoms with Gasteiger partial charge in [-0.1, -0.05) is 13.8 Å². The summed E-state index contributed by atoms with van der Waals surface area (Å²) in [5.41, 5.74) is 1.35. The van der Waals surface area contributed by atoms with Crippen LogP contribution in [-0.2, 0) is 14.3 Å². The van der Waals surface area contributed by atoms with Gasteiger partial charge in [-0.15, -0.1) is 0 Å². The van der Waals surface area contributed by atoms with Crippen LogP contribution in [0.3, 0.4) is 0 Å². The number of carbonyl (C=O) groups excluding carboxylic acids is 2. The lowest BCUT2D eigenvalue weighted by atomic mass is 9.80. The molecule has 0 unspecified atom stereocenters. The normalized spacial score (nSPS) is 44.9. The molecule has 0 spiro atoms. The van der Waals surface area contributed by atoms with Crippen molar-refractivity contribution in [2.75, 3.05) is 0 Å². The van der Waals surface area contributed by atoms with Gasteiger partial charge in [0.1, 0.15) is 12.6 Å². The molecule has 4 atom stereocenters. The Labute approximate surface area is 108 Å². The van der Waals surface area contributed by atoms with Gasteiger partial charge < -0.3 is 4.74 Å². The Morgan fingerprint density at radius 2 is 1.89 bits per heavy atom. The van der Waals surface area contributed by atoms with E-state index in [-0.39, 0.29) is 11.7 Å². The lowest BCUT2D eigenvalue weighted by Gasteiger charge is -2.35. The topological polar surface area (TPSA) is 43.4 Å². The summed E-state index contributed by atoms with van der Waals surface area (Å²) in [7, 11) is 0. The zero-order valence-corrected chi connectivity index (χ0v) is 11.2. The van der Waals surface area contributed by atoms with Gasteiger partial charge in [-0.3, -0.25) is 9.59 Å². The van der Waals surface area contributed by atoms with Crippen molar-refractivity contribution in [1.82, 2.24) is 0 Å². The average molecular weight is 248 g/mol. The van der Waals surface area contributed by atoms with Crippen molar-refractivity contribution >= 4 is 12.6 Å². The highest BCUT2D eigenvalue weighted by Crippen LogP contribution is 2.61. The van der Waals surface area contributed by atoms with Crippen molar-refractivity contribution in [3.63, 3.8) is 0 Å². The Morgan fingerprint density at radius 3 is 2.50 bits per heavy atom. The zero-order valence-electron chi connectivity index (χ0n) is 11.2. The summed E-state index contributed by atoms with van der Waals surface area (Å²) >= 11 is 0. The molecule has 3 heteroatoms. The molecule has 98 valence electrons. The predicted molar refractivity (Wildman–Crippen MR) is 67.0 cm³/mol. The summed E-state index contributed by atoms with van der Waals surface area (Å²) < 4.78 is 6.13. The maximum Gasteiger partial charge on any atom is 0.149 e. The molecular formula is C15H20O3. The molecule has 0 N–H and O–H groups in total. The van der Waals surface area contributed by atoms with Gasteiger partial charge in [-0.25, -0.2) is 0 Å². The zero-order chi connectivity index (χ0) is 13.1. The molecule has 2 heterocycles. The van der Waals surface area contributed by atoms with Crippen LogP contribution in [0.1, 0.15) is 40.0 Å². The van der Waals surface area contributed by atoms with E-state index in [1.165, 1.54) is 0 Å². The van der Waals surface area contributed by atoms with Gasteiger partial charge in [-0.05, 0) is 37.0 Å². The second-order valence-corrected chi connectivity index (χ2v) is 7.09. The number of ether oxygens (including phenoxy) is 1. The largest absolute Gasteiger partial charge is 0.366 e. The Balaban J connectivity index is 2.05. The molecule has 3 rings (SSSR count). The third kappa shape index (κ3) is 1.46. The van der Waals surface area contributed by atoms with Crippen LogP contribution in [0.15, 0.2) is 11.1 Å². The maximum absolute atomic E-state index is 11.3. The molecular weight excluding hydrogens is 228 g/mol. The molecule has 3 aliphatic rings. The molecule has 0 radical (unpaired) electrons. The molecule has 2 aliphatic heterocycles. The van der Waals surface area contributed by atoms with Crippen molar-refractivity contribution < 1.29 is 14.3 Å². The maximum atomic E-state index is 11.3. The SMILES string of the molecule is CC1(C)C[C@H]2[C@H]3O[C@](C)(CC(C=O)=C3C=O)[C@H]2C1. The van der Waals surface area contributed by atoms with E-state index in [1.807, 2.05) is 0 Å². The fourth-order valence-electron chi connectivity index (χ4n) is 4.44. The highest BCUT2D eigenvalue weighted by atomic mass is 16.5. The summed E-state index contributed by atoms with van der Waals surface area (Å²) in [5.74, 6) is 0.882. The van der Waals surface area contributed by atoms with E-state index in [4.69, 9.17) is 4.74 Å². The predicted octanol–water partition coefficient (Wildman–Crippen LogP) is 2.29. The van der Waals surface area contributed by atoms with Crippen LogP contribution in [0.5, 0.6) is 0 Å². The smallest absolute Gasteiger partial charge is 0.149 e. The van der Waals surface area contributed by atoms with Crippen LogP contribution < -0.4 is 0 Å². The first-order chi connectivity index (χ1) is 8.40. The minimum atomic E-state index is -0.244. The number of fused-ring (bicyclic) bond motifs is 5. The highest BCUT2D eigenvalue weighted by molar-refractivity contribution is 5.88. The summed E-state index contributed by atoms with van der Waals surface area (Å²) in [5, 5.41) is 0. The van der Waals surface area contributed by atoms with Gasteiger partial charge in [0, 0.05) is 17.6 Å². The molecule has 18 heavy (non-hydrogen) atoms. The van der Waals surface area contributed by atoms with E-state index in [2.05, 4.69) is 20.8 Å². The van der Waals surface area contributed by atoms with Crippen molar-refractivity contribution in [2.24, 2.45) is 17.3 Å². The van der Waals surface area contributed by atoms with E-state index in [1.54, 1.807) is 0 Å². The van der Waals surface area contributed by atoms with Crippen molar-refractivity contribution in [1.29, 1.82) is 0 Å². The molecule has 0 aromatic rings. The molecule has 1 aliphatic carbocycles. The van der Waals surface area contributed by atoms with Crippen LogP contribution in [0.25, 0.3) is 0 Å². The summed E-state index contributed by atoms with van der Waals surface area (Å²) in [4.78, 5) is 22.4. The third-order valence-electron chi connectivity index (χ3n) is 5.14. The van der Waals surface area contributed by atoms with Gasteiger partial charge >= 0.3 is 0 Å². The first-order valence-electron chi connectivity index (χ1n) is 6.71. The molecule has 0 amide bonds. The van der Waals surface area contributed by atoms with Crippen molar-refractivity contribution in [3.8, 4) is 0 Å². The standard InChI is InChI=1S/C15H20O3/c1-14(2)5-10-12(6-14)15(3)4-9(7-16)11(8-17)13(10)18-15/h7-8,10,12-13H,4-6H2,1-3H3/t10-,12+,13-,15-/m1/s1. The quantitative estimate of drug-likeness (QED) is 0.704. The van der Waals surface area contributed by atoms with Gasteiger partial charge in [-0.2, -0.15) is 0 Å². The molecule has 0 aromatic carbocycles. The van der Waals surface area contributed by atoms with Gasteiger partial charge in [0.2, 0.25) is 0 Å². The molecule has 0 aromatic heterocycles. The first-order valence-corrected chi connectivity index (χ1v) is 6.71. The fraction of sp³-hybridized carbons (Fsp3) is 0.733. The minimum Gasteiger partial charge on any atom is -0.366 e. The van der Waals surface area contributed by atoms with Crippen molar-refractivity contribution in [2.45, 2.75) is 51.7 Å². The fourth-order valence-corrected chi connectivity index (χ4v) is 4.44. The van der Waals surface area contributed by atoms with Crippen LogP contribution in [0.2, 0.25) is 0 Å². The Kier molecular flexibility index (Phi) is 2.37. The summed E-state index contributed by atoms with van der Waals surface area (Å²) in [6.45, 7) is 6.68. The summed E-state index contributed by atoms with van der Waals surface area (Å²) in [6, 6.07) is 0. The van der Waals surface area contributed by atoms with Crippen molar-refractivity contribution in [3.05, 3.63) is 11.1 Å². The number of hydrogen-bond donors (Lipinski definition) is 0. The lowest BCUT2D eigenvalue weighted by Crippen LogP contribution is -2.37. The molecule has 3 nitrogen and oxygen atoms in total. The van der Waals surface area contributed by atoms with Gasteiger partial charge in [0.25, 0.3) is 0 Å². The summed E-state index contributed by atoms with van der Waals surface area (Å²) in [6.07, 6.45) is 4.35. The molecule has 1 saturated carbocycles.